The topological polar surface area (TPSA) is 113 Å². The highest BCUT2D eigenvalue weighted by atomic mass is 32.2. The Balaban J connectivity index is 1.47. The van der Waals surface area contributed by atoms with Crippen LogP contribution in [0.2, 0.25) is 0 Å². The maximum Gasteiger partial charge on any atom is 0.272 e. The molecule has 0 spiro atoms. The van der Waals surface area contributed by atoms with Crippen LogP contribution in [0.3, 0.4) is 0 Å². The summed E-state index contributed by atoms with van der Waals surface area (Å²) in [5.41, 5.74) is -0.906. The van der Waals surface area contributed by atoms with Gasteiger partial charge >= 0.3 is 0 Å². The summed E-state index contributed by atoms with van der Waals surface area (Å²) in [6.45, 7) is 7.82. The van der Waals surface area contributed by atoms with E-state index >= 15 is 0 Å². The Bertz CT molecular complexity index is 1210. The third-order valence-electron chi connectivity index (χ3n) is 7.95. The molecule has 3 fully saturated rings. The van der Waals surface area contributed by atoms with Crippen LogP contribution < -0.4 is 10.6 Å². The number of allylic oxidation sites excluding steroid dienone is 1. The lowest BCUT2D eigenvalue weighted by Crippen LogP contribution is -2.56. The van der Waals surface area contributed by atoms with Crippen molar-refractivity contribution in [2.24, 2.45) is 5.92 Å². The zero-order valence-corrected chi connectivity index (χ0v) is 23.1. The van der Waals surface area contributed by atoms with E-state index in [1.54, 1.807) is 12.1 Å². The van der Waals surface area contributed by atoms with Gasteiger partial charge in [-0.15, -0.1) is 13.2 Å². The number of hydrogen-bond donors (Lipinski definition) is 2. The lowest BCUT2D eigenvalue weighted by atomic mass is 10.0. The molecule has 2 N–H and O–H groups in total. The van der Waals surface area contributed by atoms with E-state index < -0.39 is 49.7 Å². The number of hydrogen-bond acceptors (Lipinski definition) is 6. The summed E-state index contributed by atoms with van der Waals surface area (Å²) in [5, 5.41) is 4.34. The van der Waals surface area contributed by atoms with Crippen molar-refractivity contribution in [3.05, 3.63) is 55.4 Å². The fraction of sp³-hybridized carbons (Fsp3) is 0.552. The summed E-state index contributed by atoms with van der Waals surface area (Å²) in [6.07, 6.45) is 9.55. The van der Waals surface area contributed by atoms with Crippen LogP contribution in [0.25, 0.3) is 0 Å². The molecule has 0 bridgehead atoms. The molecule has 39 heavy (non-hydrogen) atoms. The number of nitrogens with one attached hydrogen (secondary N) is 2. The molecule has 1 aliphatic heterocycles. The lowest BCUT2D eigenvalue weighted by Gasteiger charge is -2.30. The maximum atomic E-state index is 13.8. The van der Waals surface area contributed by atoms with E-state index in [0.29, 0.717) is 44.3 Å². The van der Waals surface area contributed by atoms with E-state index in [4.69, 9.17) is 0 Å². The number of nitrogens with zero attached hydrogens (tertiary/aromatic N) is 1. The summed E-state index contributed by atoms with van der Waals surface area (Å²) in [4.78, 5) is 41.9. The molecular weight excluding hydrogens is 521 g/mol. The van der Waals surface area contributed by atoms with Gasteiger partial charge in [0.05, 0.1) is 5.25 Å². The van der Waals surface area contributed by atoms with Gasteiger partial charge in [0.1, 0.15) is 23.4 Å². The van der Waals surface area contributed by atoms with Crippen molar-refractivity contribution in [2.45, 2.75) is 87.1 Å². The van der Waals surface area contributed by atoms with Crippen molar-refractivity contribution in [1.82, 2.24) is 10.2 Å². The third kappa shape index (κ3) is 6.42. The molecule has 2 amide bonds. The van der Waals surface area contributed by atoms with Crippen LogP contribution in [0.1, 0.15) is 64.2 Å². The van der Waals surface area contributed by atoms with Gasteiger partial charge in [-0.2, -0.15) is 0 Å². The predicted molar refractivity (Wildman–Crippen MR) is 148 cm³/mol. The number of carbonyl (C=O) groups excluding carboxylic acids is 3. The Morgan fingerprint density at radius 3 is 2.44 bits per heavy atom. The molecule has 2 aliphatic carbocycles. The molecule has 3 aliphatic rings. The maximum absolute atomic E-state index is 13.8. The number of carbonyl (C=O) groups is 3. The fourth-order valence-corrected chi connectivity index (χ4v) is 7.26. The minimum atomic E-state index is -4.00. The monoisotopic (exact) mass is 559 g/mol. The van der Waals surface area contributed by atoms with Gasteiger partial charge in [0, 0.05) is 18.2 Å². The van der Waals surface area contributed by atoms with Gasteiger partial charge < -0.3 is 15.5 Å². The van der Waals surface area contributed by atoms with E-state index in [1.165, 1.54) is 23.1 Å². The molecule has 1 saturated heterocycles. The molecule has 4 atom stereocenters. The number of rotatable bonds is 14. The van der Waals surface area contributed by atoms with Gasteiger partial charge in [-0.3, -0.25) is 14.4 Å². The Morgan fingerprint density at radius 1 is 1.10 bits per heavy atom. The number of anilines is 1. The molecule has 2 saturated carbocycles. The molecule has 1 aromatic carbocycles. The van der Waals surface area contributed by atoms with Gasteiger partial charge in [0.2, 0.25) is 21.7 Å². The summed E-state index contributed by atoms with van der Waals surface area (Å²) in [5.74, 6) is -1.61. The minimum absolute atomic E-state index is 0.188. The van der Waals surface area contributed by atoms with Crippen LogP contribution in [-0.4, -0.2) is 59.7 Å². The summed E-state index contributed by atoms with van der Waals surface area (Å²) < 4.78 is 38.9. The number of amides is 2. The van der Waals surface area contributed by atoms with E-state index in [0.717, 1.165) is 25.7 Å². The van der Waals surface area contributed by atoms with Crippen molar-refractivity contribution in [1.29, 1.82) is 0 Å². The molecule has 8 nitrogen and oxygen atoms in total. The van der Waals surface area contributed by atoms with Crippen molar-refractivity contribution < 1.29 is 27.2 Å². The Labute approximate surface area is 230 Å². The highest BCUT2D eigenvalue weighted by Gasteiger charge is 2.65. The van der Waals surface area contributed by atoms with E-state index in [9.17, 15) is 27.2 Å². The van der Waals surface area contributed by atoms with Crippen LogP contribution in [0, 0.1) is 11.7 Å². The Morgan fingerprint density at radius 2 is 1.82 bits per heavy atom. The van der Waals surface area contributed by atoms with Gasteiger partial charge in [0.25, 0.3) is 5.12 Å². The Kier molecular flexibility index (Phi) is 8.93. The second-order valence-electron chi connectivity index (χ2n) is 10.9. The molecule has 1 aromatic rings. The molecule has 10 heteroatoms. The smallest absolute Gasteiger partial charge is 0.272 e. The molecular formula is C29H38FN3O5S. The molecule has 0 unspecified atom stereocenters. The normalized spacial score (nSPS) is 25.0. The largest absolute Gasteiger partial charge is 0.374 e. The highest BCUT2D eigenvalue weighted by Crippen LogP contribution is 2.48. The van der Waals surface area contributed by atoms with Crippen LogP contribution in [-0.2, 0) is 24.2 Å². The van der Waals surface area contributed by atoms with Gasteiger partial charge in [-0.1, -0.05) is 25.0 Å². The molecule has 1 heterocycles. The van der Waals surface area contributed by atoms with E-state index in [-0.39, 0.29) is 18.1 Å². The van der Waals surface area contributed by atoms with Crippen molar-refractivity contribution in [3.8, 4) is 0 Å². The van der Waals surface area contributed by atoms with Crippen LogP contribution in [0.15, 0.2) is 49.6 Å². The number of unbranched alkanes of at least 4 members (excludes halogenated alkanes) is 3. The van der Waals surface area contributed by atoms with E-state index in [1.807, 2.05) is 6.08 Å². The quantitative estimate of drug-likeness (QED) is 0.264. The standard InChI is InChI=1S/C29H38FN3O5S/c1-3-5-6-7-8-10-24(31-22-14-12-21(30)13-15-22)27(35)33-18-9-11-25(33)26(34)32-29(19-20(29)4-2)28(36)39(37,38)23-16-17-23/h3-4,12-15,20,23-25,31H,1-2,5-11,16-19H2,(H,32,34)/t20-,24+,25+,29-/m1/s1. The molecule has 0 aromatic heterocycles. The summed E-state index contributed by atoms with van der Waals surface area (Å²) in [6, 6.07) is 4.34. The van der Waals surface area contributed by atoms with E-state index in [2.05, 4.69) is 23.8 Å². The summed E-state index contributed by atoms with van der Waals surface area (Å²) >= 11 is 0. The second-order valence-corrected chi connectivity index (χ2v) is 13.0. The van der Waals surface area contributed by atoms with Crippen LogP contribution in [0.4, 0.5) is 10.1 Å². The van der Waals surface area contributed by atoms with Crippen molar-refractivity contribution in [2.75, 3.05) is 11.9 Å². The number of benzene rings is 1. The van der Waals surface area contributed by atoms with Gasteiger partial charge in [0.15, 0.2) is 0 Å². The average molecular weight is 560 g/mol. The minimum Gasteiger partial charge on any atom is -0.374 e. The summed E-state index contributed by atoms with van der Waals surface area (Å²) in [7, 11) is -4.00. The highest BCUT2D eigenvalue weighted by molar-refractivity contribution is 8.07. The average Bonchev–Trinajstić information content (AvgIpc) is 3.84. The predicted octanol–water partition coefficient (Wildman–Crippen LogP) is 3.90. The molecule has 212 valence electrons. The SMILES string of the molecule is C=CCCCCC[C@H](Nc1ccc(F)cc1)C(=O)N1CCC[C@H]1C(=O)N[C@]1(C(=O)S(=O)(=O)C2CC2)C[C@H]1C=C. The fourth-order valence-electron chi connectivity index (χ4n) is 5.41. The second kappa shape index (κ2) is 12.0. The molecule has 0 radical (unpaired) electrons. The number of halogens is 1. The first kappa shape index (κ1) is 29.0. The first-order chi connectivity index (χ1) is 18.6. The van der Waals surface area contributed by atoms with Crippen molar-refractivity contribution in [3.63, 3.8) is 0 Å². The van der Waals surface area contributed by atoms with Crippen LogP contribution >= 0.6 is 0 Å². The first-order valence-corrected chi connectivity index (χ1v) is 15.3. The number of likely N-dealkylation sites (tertiary alicyclic amines) is 1. The zero-order valence-electron chi connectivity index (χ0n) is 22.2. The molecule has 4 rings (SSSR count). The third-order valence-corrected chi connectivity index (χ3v) is 10.2. The van der Waals surface area contributed by atoms with Crippen LogP contribution in [0.5, 0.6) is 0 Å². The lowest BCUT2D eigenvalue weighted by molar-refractivity contribution is -0.140. The Hall–Kier alpha value is -3.01. The van der Waals surface area contributed by atoms with Crippen molar-refractivity contribution >= 4 is 32.5 Å². The van der Waals surface area contributed by atoms with Gasteiger partial charge in [-0.25, -0.2) is 12.8 Å². The number of sulfone groups is 1. The zero-order chi connectivity index (χ0) is 28.2. The van der Waals surface area contributed by atoms with Gasteiger partial charge in [-0.05, 0) is 75.6 Å². The first-order valence-electron chi connectivity index (χ1n) is 13.8.